The van der Waals surface area contributed by atoms with Gasteiger partial charge >= 0.3 is 0 Å². The number of rotatable bonds is 3. The Hall–Kier alpha value is -2.23. The van der Waals surface area contributed by atoms with Crippen molar-refractivity contribution in [3.05, 3.63) is 53.5 Å². The Morgan fingerprint density at radius 1 is 1.35 bits per heavy atom. The number of hydrogen-bond donors (Lipinski definition) is 1. The van der Waals surface area contributed by atoms with Crippen LogP contribution in [0.15, 0.2) is 36.8 Å². The normalized spacial score (nSPS) is 10.2. The fourth-order valence-corrected chi connectivity index (χ4v) is 1.64. The second kappa shape index (κ2) is 4.74. The lowest BCUT2D eigenvalue weighted by Gasteiger charge is -2.04. The number of nitrogens with two attached hydrogens (primary N) is 1. The van der Waals surface area contributed by atoms with Crippen molar-refractivity contribution in [3.8, 4) is 0 Å². The molecular formula is C13H13N3O. The zero-order valence-corrected chi connectivity index (χ0v) is 9.55. The van der Waals surface area contributed by atoms with Crippen molar-refractivity contribution in [3.63, 3.8) is 0 Å². The van der Waals surface area contributed by atoms with Crippen LogP contribution in [0.5, 0.6) is 0 Å². The van der Waals surface area contributed by atoms with E-state index in [1.807, 2.05) is 13.0 Å². The Morgan fingerprint density at radius 2 is 2.18 bits per heavy atom. The van der Waals surface area contributed by atoms with E-state index in [1.165, 1.54) is 0 Å². The number of ketones is 1. The van der Waals surface area contributed by atoms with Gasteiger partial charge in [-0.1, -0.05) is 0 Å². The minimum atomic E-state index is 0.0428. The number of aromatic nitrogens is 2. The van der Waals surface area contributed by atoms with Gasteiger partial charge in [0.15, 0.2) is 5.78 Å². The van der Waals surface area contributed by atoms with Crippen LogP contribution in [0.1, 0.15) is 21.5 Å². The van der Waals surface area contributed by atoms with E-state index in [0.717, 1.165) is 11.1 Å². The summed E-state index contributed by atoms with van der Waals surface area (Å²) >= 11 is 0. The Balaban J connectivity index is 2.20. The molecule has 0 aliphatic heterocycles. The molecule has 4 nitrogen and oxygen atoms in total. The molecule has 2 rings (SSSR count). The molecule has 0 bridgehead atoms. The van der Waals surface area contributed by atoms with Crippen LogP contribution < -0.4 is 5.73 Å². The van der Waals surface area contributed by atoms with Crippen LogP contribution in [-0.2, 0) is 6.42 Å². The van der Waals surface area contributed by atoms with Crippen LogP contribution in [0.3, 0.4) is 0 Å². The molecule has 0 fully saturated rings. The highest BCUT2D eigenvalue weighted by molar-refractivity contribution is 5.98. The third-order valence-corrected chi connectivity index (χ3v) is 2.55. The summed E-state index contributed by atoms with van der Waals surface area (Å²) in [5, 5.41) is 0. The number of carbonyl (C=O) groups is 1. The summed E-state index contributed by atoms with van der Waals surface area (Å²) in [6.45, 7) is 1.90. The number of hydrogen-bond acceptors (Lipinski definition) is 4. The summed E-state index contributed by atoms with van der Waals surface area (Å²) in [6, 6.07) is 5.33. The van der Waals surface area contributed by atoms with Gasteiger partial charge in [0.05, 0.1) is 0 Å². The molecule has 0 amide bonds. The van der Waals surface area contributed by atoms with Gasteiger partial charge in [-0.25, -0.2) is 4.98 Å². The zero-order valence-electron chi connectivity index (χ0n) is 9.55. The molecule has 2 heterocycles. The molecular weight excluding hydrogens is 214 g/mol. The van der Waals surface area contributed by atoms with E-state index >= 15 is 0 Å². The van der Waals surface area contributed by atoms with Crippen LogP contribution in [0.2, 0.25) is 0 Å². The summed E-state index contributed by atoms with van der Waals surface area (Å²) in [7, 11) is 0. The summed E-state index contributed by atoms with van der Waals surface area (Å²) in [5.74, 6) is 0.472. The van der Waals surface area contributed by atoms with E-state index in [4.69, 9.17) is 5.73 Å². The van der Waals surface area contributed by atoms with Crippen LogP contribution >= 0.6 is 0 Å². The van der Waals surface area contributed by atoms with Gasteiger partial charge in [-0.2, -0.15) is 0 Å². The molecule has 4 heteroatoms. The van der Waals surface area contributed by atoms with Crippen molar-refractivity contribution in [1.82, 2.24) is 9.97 Å². The minimum absolute atomic E-state index is 0.0428. The summed E-state index contributed by atoms with van der Waals surface area (Å²) in [5.41, 5.74) is 8.03. The topological polar surface area (TPSA) is 68.9 Å². The molecule has 0 saturated heterocycles. The Bertz CT molecular complexity index is 552. The monoisotopic (exact) mass is 227 g/mol. The van der Waals surface area contributed by atoms with Crippen LogP contribution in [0, 0.1) is 6.92 Å². The lowest BCUT2D eigenvalue weighted by atomic mass is 10.0. The summed E-state index contributed by atoms with van der Waals surface area (Å²) < 4.78 is 0. The van der Waals surface area contributed by atoms with Gasteiger partial charge < -0.3 is 5.73 Å². The van der Waals surface area contributed by atoms with Crippen LogP contribution in [-0.4, -0.2) is 15.8 Å². The predicted octanol–water partition coefficient (Wildman–Crippen LogP) is 1.79. The van der Waals surface area contributed by atoms with Gasteiger partial charge in [-0.3, -0.25) is 9.78 Å². The summed E-state index contributed by atoms with van der Waals surface area (Å²) in [6.07, 6.45) is 5.20. The van der Waals surface area contributed by atoms with Crippen molar-refractivity contribution in [1.29, 1.82) is 0 Å². The van der Waals surface area contributed by atoms with E-state index in [-0.39, 0.29) is 5.78 Å². The number of Topliss-reactive ketones (excluding diaryl/α,β-unsaturated/α-hetero) is 1. The molecule has 86 valence electrons. The molecule has 0 atom stereocenters. The largest absolute Gasteiger partial charge is 0.384 e. The maximum Gasteiger partial charge on any atom is 0.169 e. The second-order valence-corrected chi connectivity index (χ2v) is 3.88. The van der Waals surface area contributed by atoms with Crippen molar-refractivity contribution in [2.75, 3.05) is 5.73 Å². The van der Waals surface area contributed by atoms with E-state index in [9.17, 15) is 4.79 Å². The van der Waals surface area contributed by atoms with Crippen molar-refractivity contribution < 1.29 is 4.79 Å². The van der Waals surface area contributed by atoms with Crippen molar-refractivity contribution >= 4 is 11.6 Å². The number of pyridine rings is 2. The van der Waals surface area contributed by atoms with E-state index in [2.05, 4.69) is 9.97 Å². The molecule has 0 unspecified atom stereocenters. The molecule has 2 aromatic rings. The van der Waals surface area contributed by atoms with Gasteiger partial charge in [0.2, 0.25) is 0 Å². The number of nitrogen functional groups attached to an aromatic ring is 1. The first kappa shape index (κ1) is 11.3. The number of carbonyl (C=O) groups excluding carboxylic acids is 1. The molecule has 0 aliphatic carbocycles. The number of anilines is 1. The maximum atomic E-state index is 12.0. The fourth-order valence-electron chi connectivity index (χ4n) is 1.64. The first-order valence-corrected chi connectivity index (χ1v) is 5.31. The molecule has 0 radical (unpaired) electrons. The van der Waals surface area contributed by atoms with Crippen LogP contribution in [0.25, 0.3) is 0 Å². The molecule has 17 heavy (non-hydrogen) atoms. The third-order valence-electron chi connectivity index (χ3n) is 2.55. The maximum absolute atomic E-state index is 12.0. The highest BCUT2D eigenvalue weighted by Gasteiger charge is 2.10. The number of nitrogens with zero attached hydrogens (tertiary/aromatic N) is 2. The lowest BCUT2D eigenvalue weighted by molar-refractivity contribution is 0.0992. The average molecular weight is 227 g/mol. The Morgan fingerprint density at radius 3 is 2.88 bits per heavy atom. The van der Waals surface area contributed by atoms with Crippen LogP contribution in [0.4, 0.5) is 5.82 Å². The Kier molecular flexibility index (Phi) is 3.14. The molecule has 0 aromatic carbocycles. The molecule has 2 aromatic heterocycles. The first-order valence-electron chi connectivity index (χ1n) is 5.31. The number of aryl methyl sites for hydroxylation is 1. The van der Waals surface area contributed by atoms with Crippen molar-refractivity contribution in [2.45, 2.75) is 13.3 Å². The standard InChI is InChI=1S/C13H13N3O/c1-9-2-4-15-8-11(9)12(17)6-10-3-5-16-13(14)7-10/h2-5,7-8H,6H2,1H3,(H2,14,16). The third kappa shape index (κ3) is 2.66. The highest BCUT2D eigenvalue weighted by atomic mass is 16.1. The fraction of sp³-hybridized carbons (Fsp3) is 0.154. The molecule has 0 spiro atoms. The van der Waals surface area contributed by atoms with Gasteiger partial charge in [0.1, 0.15) is 5.82 Å². The Labute approximate surface area is 99.5 Å². The smallest absolute Gasteiger partial charge is 0.169 e. The average Bonchev–Trinajstić information content (AvgIpc) is 2.29. The van der Waals surface area contributed by atoms with E-state index < -0.39 is 0 Å². The SMILES string of the molecule is Cc1ccncc1C(=O)Cc1ccnc(N)c1. The quantitative estimate of drug-likeness (QED) is 0.812. The van der Waals surface area contributed by atoms with Crippen molar-refractivity contribution in [2.24, 2.45) is 0 Å². The highest BCUT2D eigenvalue weighted by Crippen LogP contribution is 2.11. The molecule has 0 aliphatic rings. The second-order valence-electron chi connectivity index (χ2n) is 3.88. The lowest BCUT2D eigenvalue weighted by Crippen LogP contribution is -2.06. The first-order chi connectivity index (χ1) is 8.16. The molecule has 2 N–H and O–H groups in total. The van der Waals surface area contributed by atoms with Gasteiger partial charge in [-0.15, -0.1) is 0 Å². The van der Waals surface area contributed by atoms with E-state index in [1.54, 1.807) is 30.7 Å². The predicted molar refractivity (Wildman–Crippen MR) is 65.7 cm³/mol. The zero-order chi connectivity index (χ0) is 12.3. The molecule has 0 saturated carbocycles. The summed E-state index contributed by atoms with van der Waals surface area (Å²) in [4.78, 5) is 19.9. The minimum Gasteiger partial charge on any atom is -0.384 e. The van der Waals surface area contributed by atoms with Gasteiger partial charge in [0, 0.05) is 30.6 Å². The van der Waals surface area contributed by atoms with E-state index in [0.29, 0.717) is 17.8 Å². The van der Waals surface area contributed by atoms with Gasteiger partial charge in [0.25, 0.3) is 0 Å². The van der Waals surface area contributed by atoms with Gasteiger partial charge in [-0.05, 0) is 36.2 Å².